The van der Waals surface area contributed by atoms with Gasteiger partial charge in [0.05, 0.1) is 6.61 Å². The van der Waals surface area contributed by atoms with E-state index in [0.717, 1.165) is 11.1 Å². The van der Waals surface area contributed by atoms with Gasteiger partial charge in [-0.1, -0.05) is 36.4 Å². The molecular weight excluding hydrogens is 376 g/mol. The summed E-state index contributed by atoms with van der Waals surface area (Å²) >= 11 is 0. The Morgan fingerprint density at radius 1 is 1.00 bits per heavy atom. The lowest BCUT2D eigenvalue weighted by Crippen LogP contribution is -2.42. The summed E-state index contributed by atoms with van der Waals surface area (Å²) in [6.07, 6.45) is 0. The van der Waals surface area contributed by atoms with Gasteiger partial charge in [0.15, 0.2) is 6.61 Å². The Hall–Kier alpha value is -3.39. The predicted molar refractivity (Wildman–Crippen MR) is 106 cm³/mol. The van der Waals surface area contributed by atoms with E-state index in [1.165, 1.54) is 7.11 Å². The smallest absolute Gasteiger partial charge is 0.342 e. The lowest BCUT2D eigenvalue weighted by molar-refractivity contribution is -0.123. The van der Waals surface area contributed by atoms with Crippen molar-refractivity contribution in [2.24, 2.45) is 0 Å². The van der Waals surface area contributed by atoms with Gasteiger partial charge in [-0.05, 0) is 30.2 Å². The minimum atomic E-state index is -0.744. The van der Waals surface area contributed by atoms with E-state index in [2.05, 4.69) is 10.6 Å². The molecule has 0 aliphatic rings. The lowest BCUT2D eigenvalue weighted by Gasteiger charge is -2.12. The topological polar surface area (TPSA) is 103 Å². The van der Waals surface area contributed by atoms with Crippen LogP contribution in [0.15, 0.2) is 48.5 Å². The van der Waals surface area contributed by atoms with E-state index in [-0.39, 0.29) is 12.1 Å². The van der Waals surface area contributed by atoms with Gasteiger partial charge in [-0.15, -0.1) is 0 Å². The standard InChI is InChI=1S/C21H24N2O6/c1-15-7-3-4-8-16(15)13-28-18-10-6-5-9-17(18)20(25)29-14-19(24)23-21(26)22-11-12-27-2/h3-10H,11-14H2,1-2H3,(H2,22,23,24,26). The van der Waals surface area contributed by atoms with Crippen molar-refractivity contribution < 1.29 is 28.6 Å². The summed E-state index contributed by atoms with van der Waals surface area (Å²) in [6, 6.07) is 13.7. The van der Waals surface area contributed by atoms with Crippen molar-refractivity contribution in [1.29, 1.82) is 0 Å². The minimum absolute atomic E-state index is 0.193. The quantitative estimate of drug-likeness (QED) is 0.494. The number of ether oxygens (including phenoxy) is 3. The Morgan fingerprint density at radius 3 is 2.48 bits per heavy atom. The number of hydrogen-bond donors (Lipinski definition) is 2. The molecule has 8 heteroatoms. The van der Waals surface area contributed by atoms with Crippen LogP contribution in [0, 0.1) is 6.92 Å². The highest BCUT2D eigenvalue weighted by molar-refractivity contribution is 5.97. The van der Waals surface area contributed by atoms with Crippen molar-refractivity contribution >= 4 is 17.9 Å². The predicted octanol–water partition coefficient (Wildman–Crippen LogP) is 2.20. The average Bonchev–Trinajstić information content (AvgIpc) is 2.72. The molecule has 0 heterocycles. The number of para-hydroxylation sites is 1. The number of carbonyl (C=O) groups is 3. The Balaban J connectivity index is 1.88. The first kappa shape index (κ1) is 21.9. The van der Waals surface area contributed by atoms with Gasteiger partial charge < -0.3 is 19.5 Å². The maximum Gasteiger partial charge on any atom is 0.342 e. The Morgan fingerprint density at radius 2 is 1.72 bits per heavy atom. The monoisotopic (exact) mass is 400 g/mol. The first-order chi connectivity index (χ1) is 14.0. The Bertz CT molecular complexity index is 853. The van der Waals surface area contributed by atoms with Gasteiger partial charge in [-0.2, -0.15) is 0 Å². The van der Waals surface area contributed by atoms with Crippen LogP contribution in [0.4, 0.5) is 4.79 Å². The van der Waals surface area contributed by atoms with Crippen molar-refractivity contribution in [2.75, 3.05) is 26.9 Å². The number of benzene rings is 2. The van der Waals surface area contributed by atoms with Gasteiger partial charge in [0.2, 0.25) is 0 Å². The molecule has 0 unspecified atom stereocenters. The van der Waals surface area contributed by atoms with Crippen molar-refractivity contribution in [1.82, 2.24) is 10.6 Å². The minimum Gasteiger partial charge on any atom is -0.488 e. The molecule has 0 saturated carbocycles. The second-order valence-electron chi connectivity index (χ2n) is 6.08. The zero-order valence-corrected chi connectivity index (χ0v) is 16.4. The largest absolute Gasteiger partial charge is 0.488 e. The van der Waals surface area contributed by atoms with Crippen molar-refractivity contribution in [2.45, 2.75) is 13.5 Å². The Labute approximate surface area is 169 Å². The zero-order valence-electron chi connectivity index (χ0n) is 16.4. The number of amides is 3. The molecule has 2 rings (SSSR count). The molecule has 0 saturated heterocycles. The van der Waals surface area contributed by atoms with Crippen LogP contribution in [0.3, 0.4) is 0 Å². The number of hydrogen-bond acceptors (Lipinski definition) is 6. The summed E-state index contributed by atoms with van der Waals surface area (Å²) in [4.78, 5) is 35.6. The first-order valence-corrected chi connectivity index (χ1v) is 9.01. The molecule has 3 amide bonds. The third kappa shape index (κ3) is 7.27. The fourth-order valence-electron chi connectivity index (χ4n) is 2.37. The van der Waals surface area contributed by atoms with Gasteiger partial charge >= 0.3 is 12.0 Å². The highest BCUT2D eigenvalue weighted by atomic mass is 16.5. The normalized spacial score (nSPS) is 10.1. The summed E-state index contributed by atoms with van der Waals surface area (Å²) in [5, 5.41) is 4.48. The zero-order chi connectivity index (χ0) is 21.1. The molecule has 2 N–H and O–H groups in total. The van der Waals surface area contributed by atoms with Gasteiger partial charge in [0.1, 0.15) is 17.9 Å². The average molecular weight is 400 g/mol. The van der Waals surface area contributed by atoms with Crippen LogP contribution in [-0.2, 0) is 20.9 Å². The van der Waals surface area contributed by atoms with E-state index in [1.54, 1.807) is 24.3 Å². The third-order valence-corrected chi connectivity index (χ3v) is 3.93. The van der Waals surface area contributed by atoms with Crippen LogP contribution >= 0.6 is 0 Å². The molecule has 0 bridgehead atoms. The molecule has 0 aliphatic heterocycles. The number of nitrogens with one attached hydrogen (secondary N) is 2. The van der Waals surface area contributed by atoms with Crippen LogP contribution in [-0.4, -0.2) is 44.8 Å². The summed E-state index contributed by atoms with van der Waals surface area (Å²) in [7, 11) is 1.49. The fraction of sp³-hybridized carbons (Fsp3) is 0.286. The number of methoxy groups -OCH3 is 1. The summed E-state index contributed by atoms with van der Waals surface area (Å²) in [6.45, 7) is 2.24. The Kier molecular flexibility index (Phi) is 8.65. The maximum absolute atomic E-state index is 12.3. The SMILES string of the molecule is COCCNC(=O)NC(=O)COC(=O)c1ccccc1OCc1ccccc1C. The molecule has 29 heavy (non-hydrogen) atoms. The summed E-state index contributed by atoms with van der Waals surface area (Å²) < 4.78 is 15.6. The highest BCUT2D eigenvalue weighted by Gasteiger charge is 2.16. The van der Waals surface area contributed by atoms with Crippen LogP contribution in [0.25, 0.3) is 0 Å². The van der Waals surface area contributed by atoms with E-state index < -0.39 is 24.5 Å². The molecule has 0 spiro atoms. The van der Waals surface area contributed by atoms with E-state index in [9.17, 15) is 14.4 Å². The van der Waals surface area contributed by atoms with Crippen LogP contribution < -0.4 is 15.4 Å². The molecule has 0 radical (unpaired) electrons. The lowest BCUT2D eigenvalue weighted by atomic mass is 10.1. The van der Waals surface area contributed by atoms with E-state index in [1.807, 2.05) is 31.2 Å². The van der Waals surface area contributed by atoms with E-state index in [4.69, 9.17) is 14.2 Å². The van der Waals surface area contributed by atoms with Gasteiger partial charge in [-0.3, -0.25) is 10.1 Å². The first-order valence-electron chi connectivity index (χ1n) is 9.01. The molecule has 154 valence electrons. The van der Waals surface area contributed by atoms with Gasteiger partial charge in [0.25, 0.3) is 5.91 Å². The number of rotatable bonds is 9. The molecule has 0 atom stereocenters. The fourth-order valence-corrected chi connectivity index (χ4v) is 2.37. The molecule has 0 aromatic heterocycles. The van der Waals surface area contributed by atoms with Gasteiger partial charge in [-0.25, -0.2) is 9.59 Å². The van der Waals surface area contributed by atoms with Crippen molar-refractivity contribution in [3.8, 4) is 5.75 Å². The van der Waals surface area contributed by atoms with Crippen LogP contribution in [0.5, 0.6) is 5.75 Å². The van der Waals surface area contributed by atoms with Crippen LogP contribution in [0.2, 0.25) is 0 Å². The van der Waals surface area contributed by atoms with E-state index >= 15 is 0 Å². The summed E-state index contributed by atoms with van der Waals surface area (Å²) in [5.41, 5.74) is 2.26. The molecule has 8 nitrogen and oxygen atoms in total. The number of aryl methyl sites for hydroxylation is 1. The number of imide groups is 1. The molecule has 2 aromatic carbocycles. The molecular formula is C21H24N2O6. The van der Waals surface area contributed by atoms with E-state index in [0.29, 0.717) is 19.0 Å². The highest BCUT2D eigenvalue weighted by Crippen LogP contribution is 2.21. The summed E-state index contributed by atoms with van der Waals surface area (Å²) in [5.74, 6) is -1.12. The second kappa shape index (κ2) is 11.5. The number of esters is 1. The number of carbonyl (C=O) groups excluding carboxylic acids is 3. The number of urea groups is 1. The van der Waals surface area contributed by atoms with Gasteiger partial charge in [0, 0.05) is 13.7 Å². The third-order valence-electron chi connectivity index (χ3n) is 3.93. The van der Waals surface area contributed by atoms with Crippen molar-refractivity contribution in [3.63, 3.8) is 0 Å². The molecule has 0 fully saturated rings. The maximum atomic E-state index is 12.3. The molecule has 2 aromatic rings. The molecule has 0 aliphatic carbocycles. The second-order valence-corrected chi connectivity index (χ2v) is 6.08. The van der Waals surface area contributed by atoms with Crippen LogP contribution in [0.1, 0.15) is 21.5 Å². The van der Waals surface area contributed by atoms with Crippen molar-refractivity contribution in [3.05, 3.63) is 65.2 Å².